The van der Waals surface area contributed by atoms with E-state index in [0.29, 0.717) is 0 Å². The van der Waals surface area contributed by atoms with Gasteiger partial charge in [0.15, 0.2) is 5.72 Å². The molecule has 96 valence electrons. The van der Waals surface area contributed by atoms with Crippen LogP contribution < -0.4 is 0 Å². The molecular weight excluding hydrogens is 216 g/mol. The molecule has 1 aliphatic heterocycles. The van der Waals surface area contributed by atoms with Crippen molar-refractivity contribution in [3.8, 4) is 0 Å². The summed E-state index contributed by atoms with van der Waals surface area (Å²) in [4.78, 5) is 11.1. The maximum absolute atomic E-state index is 11.1. The van der Waals surface area contributed by atoms with Gasteiger partial charge >= 0.3 is 5.97 Å². The number of ether oxygens (including phenoxy) is 1. The highest BCUT2D eigenvalue weighted by molar-refractivity contribution is 5.66. The fourth-order valence-electron chi connectivity index (χ4n) is 1.79. The summed E-state index contributed by atoms with van der Waals surface area (Å²) in [6, 6.07) is 0. The minimum Gasteiger partial charge on any atom is -0.438 e. The van der Waals surface area contributed by atoms with Gasteiger partial charge in [0.1, 0.15) is 0 Å². The molecule has 0 fully saturated rings. The van der Waals surface area contributed by atoms with Crippen molar-refractivity contribution in [2.75, 3.05) is 0 Å². The van der Waals surface area contributed by atoms with Gasteiger partial charge in [-0.15, -0.1) is 0 Å². The molecule has 0 saturated carbocycles. The quantitative estimate of drug-likeness (QED) is 0.692. The van der Waals surface area contributed by atoms with Gasteiger partial charge in [0, 0.05) is 19.3 Å². The number of carbonyl (C=O) groups excluding carboxylic acids is 1. The van der Waals surface area contributed by atoms with Crippen LogP contribution in [-0.2, 0) is 9.53 Å². The van der Waals surface area contributed by atoms with Crippen molar-refractivity contribution in [3.63, 3.8) is 0 Å². The van der Waals surface area contributed by atoms with Crippen molar-refractivity contribution < 1.29 is 9.53 Å². The highest BCUT2D eigenvalue weighted by Gasteiger charge is 2.36. The van der Waals surface area contributed by atoms with E-state index in [2.05, 4.69) is 25.8 Å². The Kier molecular flexibility index (Phi) is 3.55. The Morgan fingerprint density at radius 1 is 1.00 bits per heavy atom. The smallest absolute Gasteiger partial charge is 0.304 e. The lowest BCUT2D eigenvalue weighted by atomic mass is 10.1. The average Bonchev–Trinajstić information content (AvgIpc) is 2.14. The van der Waals surface area contributed by atoms with Crippen LogP contribution in [0.1, 0.15) is 41.5 Å². The van der Waals surface area contributed by atoms with Crippen molar-refractivity contribution in [1.29, 1.82) is 0 Å². The first kappa shape index (κ1) is 13.6. The van der Waals surface area contributed by atoms with E-state index in [4.69, 9.17) is 4.74 Å². The SMILES string of the molecule is CC(=O)OC(C)(C)N1C=CC=CN1C(C)(C)C. The van der Waals surface area contributed by atoms with E-state index in [1.165, 1.54) is 6.92 Å². The number of carbonyl (C=O) groups is 1. The van der Waals surface area contributed by atoms with Crippen molar-refractivity contribution in [2.24, 2.45) is 0 Å². The number of hydrazine groups is 1. The normalized spacial score (nSPS) is 16.4. The molecule has 0 aliphatic carbocycles. The fraction of sp³-hybridized carbons (Fsp3) is 0.615. The lowest BCUT2D eigenvalue weighted by molar-refractivity contribution is -0.205. The molecule has 0 spiro atoms. The standard InChI is InChI=1S/C13H22N2O2/c1-11(16)17-13(5,6)15-10-8-7-9-14(15)12(2,3)4/h7-10H,1-6H3. The molecule has 0 radical (unpaired) electrons. The molecule has 0 aromatic heterocycles. The van der Waals surface area contributed by atoms with Gasteiger partial charge in [-0.1, -0.05) is 0 Å². The van der Waals surface area contributed by atoms with Crippen LogP contribution in [0.3, 0.4) is 0 Å². The third-order valence-electron chi connectivity index (χ3n) is 2.43. The first-order valence-electron chi connectivity index (χ1n) is 5.78. The van der Waals surface area contributed by atoms with E-state index in [-0.39, 0.29) is 11.5 Å². The van der Waals surface area contributed by atoms with E-state index in [1.807, 2.05) is 43.4 Å². The van der Waals surface area contributed by atoms with Crippen molar-refractivity contribution in [2.45, 2.75) is 52.8 Å². The monoisotopic (exact) mass is 238 g/mol. The summed E-state index contributed by atoms with van der Waals surface area (Å²) in [6.45, 7) is 11.5. The Balaban J connectivity index is 2.98. The molecule has 0 N–H and O–H groups in total. The summed E-state index contributed by atoms with van der Waals surface area (Å²) in [5, 5.41) is 3.98. The molecular formula is C13H22N2O2. The molecule has 0 atom stereocenters. The van der Waals surface area contributed by atoms with Crippen molar-refractivity contribution in [3.05, 3.63) is 24.6 Å². The van der Waals surface area contributed by atoms with Crippen LogP contribution in [0.2, 0.25) is 0 Å². The van der Waals surface area contributed by atoms with Gasteiger partial charge in [-0.3, -0.25) is 14.8 Å². The molecule has 0 unspecified atom stereocenters. The van der Waals surface area contributed by atoms with Crippen LogP contribution in [-0.4, -0.2) is 27.3 Å². The summed E-state index contributed by atoms with van der Waals surface area (Å²) in [6.07, 6.45) is 7.78. The molecule has 4 nitrogen and oxygen atoms in total. The molecule has 0 amide bonds. The third kappa shape index (κ3) is 3.25. The van der Waals surface area contributed by atoms with Crippen LogP contribution in [0.5, 0.6) is 0 Å². The Morgan fingerprint density at radius 2 is 1.47 bits per heavy atom. The zero-order chi connectivity index (χ0) is 13.3. The maximum Gasteiger partial charge on any atom is 0.304 e. The lowest BCUT2D eigenvalue weighted by Gasteiger charge is -2.50. The summed E-state index contributed by atoms with van der Waals surface area (Å²) in [5.74, 6) is -0.285. The van der Waals surface area contributed by atoms with Gasteiger partial charge in [0.2, 0.25) is 0 Å². The molecule has 17 heavy (non-hydrogen) atoms. The minimum absolute atomic E-state index is 0.0846. The zero-order valence-electron chi connectivity index (χ0n) is 11.5. The number of nitrogens with zero attached hydrogens (tertiary/aromatic N) is 2. The van der Waals surface area contributed by atoms with Crippen molar-refractivity contribution >= 4 is 5.97 Å². The Bertz CT molecular complexity index is 351. The van der Waals surface area contributed by atoms with Crippen LogP contribution in [0, 0.1) is 0 Å². The Hall–Kier alpha value is -1.45. The Morgan fingerprint density at radius 3 is 1.88 bits per heavy atom. The molecule has 4 heteroatoms. The van der Waals surface area contributed by atoms with Gasteiger partial charge in [-0.2, -0.15) is 0 Å². The predicted molar refractivity (Wildman–Crippen MR) is 67.6 cm³/mol. The van der Waals surface area contributed by atoms with Crippen LogP contribution in [0.15, 0.2) is 24.6 Å². The topological polar surface area (TPSA) is 32.8 Å². The summed E-state index contributed by atoms with van der Waals surface area (Å²) < 4.78 is 5.36. The first-order chi connectivity index (χ1) is 7.64. The Labute approximate surface area is 103 Å². The van der Waals surface area contributed by atoms with Gasteiger partial charge in [-0.05, 0) is 46.8 Å². The number of hydrogen-bond donors (Lipinski definition) is 0. The number of hydrogen-bond acceptors (Lipinski definition) is 4. The summed E-state index contributed by atoms with van der Waals surface area (Å²) >= 11 is 0. The van der Waals surface area contributed by atoms with E-state index >= 15 is 0 Å². The van der Waals surface area contributed by atoms with E-state index in [1.54, 1.807) is 0 Å². The van der Waals surface area contributed by atoms with Crippen molar-refractivity contribution in [1.82, 2.24) is 10.0 Å². The summed E-state index contributed by atoms with van der Waals surface area (Å²) in [5.41, 5.74) is -0.793. The molecule has 1 aliphatic rings. The van der Waals surface area contributed by atoms with E-state index in [9.17, 15) is 4.79 Å². The minimum atomic E-state index is -0.708. The molecule has 0 aromatic rings. The molecule has 0 saturated heterocycles. The van der Waals surface area contributed by atoms with E-state index < -0.39 is 5.72 Å². The highest BCUT2D eigenvalue weighted by Crippen LogP contribution is 2.28. The number of allylic oxidation sites excluding steroid dienone is 2. The number of rotatable bonds is 2. The average molecular weight is 238 g/mol. The first-order valence-corrected chi connectivity index (χ1v) is 5.78. The lowest BCUT2D eigenvalue weighted by Crippen LogP contribution is -2.57. The second kappa shape index (κ2) is 4.43. The van der Waals surface area contributed by atoms with Gasteiger partial charge in [0.25, 0.3) is 0 Å². The van der Waals surface area contributed by atoms with E-state index in [0.717, 1.165) is 0 Å². The van der Waals surface area contributed by atoms with Gasteiger partial charge < -0.3 is 4.74 Å². The van der Waals surface area contributed by atoms with Crippen LogP contribution >= 0.6 is 0 Å². The molecule has 1 rings (SSSR count). The second-order valence-corrected chi connectivity index (χ2v) is 5.58. The molecule has 1 heterocycles. The number of esters is 1. The van der Waals surface area contributed by atoms with Gasteiger partial charge in [0.05, 0.1) is 5.54 Å². The maximum atomic E-state index is 11.1. The predicted octanol–water partition coefficient (Wildman–Crippen LogP) is 2.64. The zero-order valence-corrected chi connectivity index (χ0v) is 11.5. The molecule has 0 aromatic carbocycles. The summed E-state index contributed by atoms with van der Waals surface area (Å²) in [7, 11) is 0. The largest absolute Gasteiger partial charge is 0.438 e. The van der Waals surface area contributed by atoms with Crippen LogP contribution in [0.25, 0.3) is 0 Å². The van der Waals surface area contributed by atoms with Crippen LogP contribution in [0.4, 0.5) is 0 Å². The fourth-order valence-corrected chi connectivity index (χ4v) is 1.79. The second-order valence-electron chi connectivity index (χ2n) is 5.58. The third-order valence-corrected chi connectivity index (χ3v) is 2.43. The highest BCUT2D eigenvalue weighted by atomic mass is 16.6. The molecule has 0 bridgehead atoms. The van der Waals surface area contributed by atoms with Gasteiger partial charge in [-0.25, -0.2) is 0 Å².